The summed E-state index contributed by atoms with van der Waals surface area (Å²) in [4.78, 5) is 0. The molecule has 1 atom stereocenters. The Bertz CT molecular complexity index is 1400. The van der Waals surface area contributed by atoms with E-state index >= 15 is 0 Å². The molecular formula is C31H29N3O. The molecule has 2 heterocycles. The molecule has 35 heavy (non-hydrogen) atoms. The maximum absolute atomic E-state index is 10.5. The van der Waals surface area contributed by atoms with Crippen molar-refractivity contribution >= 4 is 22.0 Å². The molecule has 4 aromatic rings. The van der Waals surface area contributed by atoms with Gasteiger partial charge in [0.2, 0.25) is 0 Å². The zero-order valence-electron chi connectivity index (χ0n) is 19.9. The molecule has 1 unspecified atom stereocenters. The molecule has 1 aliphatic heterocycles. The van der Waals surface area contributed by atoms with Crippen LogP contribution in [0.4, 0.5) is 0 Å². The first-order chi connectivity index (χ1) is 17.3. The maximum Gasteiger partial charge on any atom is 0.150 e. The summed E-state index contributed by atoms with van der Waals surface area (Å²) in [5, 5.41) is 16.0. The third-order valence-electron chi connectivity index (χ3n) is 7.52. The zero-order chi connectivity index (χ0) is 23.6. The van der Waals surface area contributed by atoms with Gasteiger partial charge in [-0.05, 0) is 66.4 Å². The molecule has 0 N–H and O–H groups in total. The summed E-state index contributed by atoms with van der Waals surface area (Å²) in [7, 11) is 0. The van der Waals surface area contributed by atoms with Crippen molar-refractivity contribution in [3.05, 3.63) is 101 Å². The summed E-state index contributed by atoms with van der Waals surface area (Å²) in [6.07, 6.45) is 8.59. The van der Waals surface area contributed by atoms with E-state index in [4.69, 9.17) is 9.84 Å². The molecule has 0 bridgehead atoms. The molecular weight excluding hydrogens is 430 g/mol. The zero-order valence-corrected chi connectivity index (χ0v) is 19.9. The number of ether oxygens (including phenoxy) is 1. The molecule has 2 aliphatic rings. The monoisotopic (exact) mass is 459 g/mol. The number of rotatable bonds is 5. The van der Waals surface area contributed by atoms with E-state index in [1.807, 2.05) is 10.9 Å². The second-order valence-corrected chi connectivity index (χ2v) is 9.59. The van der Waals surface area contributed by atoms with Gasteiger partial charge in [0, 0.05) is 17.6 Å². The molecule has 0 radical (unpaired) electrons. The normalized spacial score (nSPS) is 19.1. The van der Waals surface area contributed by atoms with Crippen LogP contribution in [0.5, 0.6) is 0 Å². The van der Waals surface area contributed by atoms with Gasteiger partial charge < -0.3 is 4.74 Å². The second-order valence-electron chi connectivity index (χ2n) is 9.59. The van der Waals surface area contributed by atoms with Gasteiger partial charge in [0.1, 0.15) is 6.07 Å². The number of allylic oxidation sites excluding steroid dienone is 1. The van der Waals surface area contributed by atoms with Crippen molar-refractivity contribution < 1.29 is 4.74 Å². The number of fused-ring (bicyclic) bond motifs is 1. The fraction of sp³-hybridized carbons (Fsp3) is 0.290. The van der Waals surface area contributed by atoms with Crippen LogP contribution in [0, 0.1) is 17.2 Å². The summed E-state index contributed by atoms with van der Waals surface area (Å²) < 4.78 is 7.98. The van der Waals surface area contributed by atoms with E-state index in [0.717, 1.165) is 47.9 Å². The summed E-state index contributed by atoms with van der Waals surface area (Å²) in [5.41, 5.74) is 7.55. The lowest BCUT2D eigenvalue weighted by Gasteiger charge is -2.32. The minimum Gasteiger partial charge on any atom is -0.356 e. The Balaban J connectivity index is 1.60. The average Bonchev–Trinajstić information content (AvgIpc) is 3.33. The van der Waals surface area contributed by atoms with Crippen molar-refractivity contribution in [3.63, 3.8) is 0 Å². The number of nitriles is 1. The van der Waals surface area contributed by atoms with Crippen molar-refractivity contribution in [2.75, 3.05) is 6.61 Å². The molecule has 0 amide bonds. The average molecular weight is 460 g/mol. The fourth-order valence-corrected chi connectivity index (χ4v) is 5.56. The highest BCUT2D eigenvalue weighted by Gasteiger charge is 2.29. The Morgan fingerprint density at radius 2 is 1.60 bits per heavy atom. The smallest absolute Gasteiger partial charge is 0.150 e. The van der Waals surface area contributed by atoms with Crippen molar-refractivity contribution in [1.82, 2.24) is 9.78 Å². The van der Waals surface area contributed by atoms with E-state index in [1.54, 1.807) is 0 Å². The topological polar surface area (TPSA) is 50.8 Å². The van der Waals surface area contributed by atoms with Crippen molar-refractivity contribution in [3.8, 4) is 6.07 Å². The largest absolute Gasteiger partial charge is 0.356 e. The number of hydrogen-bond acceptors (Lipinski definition) is 3. The standard InChI is InChI=1S/C31H29N3O/c32-20-26-25(17-18-28-27(26)21-33-34(28)29-16-7-8-19-35-29)31(24-12-5-2-6-13-24)30(23-14-9-15-23)22-10-3-1-4-11-22/h1-6,10-13,17-18,21,23,29H,7-9,14-16,19H2/b31-30-. The highest BCUT2D eigenvalue weighted by molar-refractivity contribution is 6.03. The Kier molecular flexibility index (Phi) is 5.94. The summed E-state index contributed by atoms with van der Waals surface area (Å²) in [6, 6.07) is 28.1. The maximum atomic E-state index is 10.5. The number of aromatic nitrogens is 2. The minimum absolute atomic E-state index is 0.0577. The molecule has 1 saturated carbocycles. The van der Waals surface area contributed by atoms with Crippen LogP contribution < -0.4 is 0 Å². The Labute approximate surface area is 206 Å². The second kappa shape index (κ2) is 9.52. The molecule has 174 valence electrons. The van der Waals surface area contributed by atoms with E-state index in [9.17, 15) is 5.26 Å². The fourth-order valence-electron chi connectivity index (χ4n) is 5.56. The van der Waals surface area contributed by atoms with Crippen LogP contribution in [0.3, 0.4) is 0 Å². The predicted octanol–water partition coefficient (Wildman–Crippen LogP) is 7.37. The molecule has 4 heteroatoms. The number of hydrogen-bond donors (Lipinski definition) is 0. The van der Waals surface area contributed by atoms with Gasteiger partial charge >= 0.3 is 0 Å². The van der Waals surface area contributed by atoms with Crippen molar-refractivity contribution in [2.24, 2.45) is 5.92 Å². The summed E-state index contributed by atoms with van der Waals surface area (Å²) >= 11 is 0. The van der Waals surface area contributed by atoms with Crippen LogP contribution in [0.25, 0.3) is 22.0 Å². The van der Waals surface area contributed by atoms with Crippen LogP contribution >= 0.6 is 0 Å². The Morgan fingerprint density at radius 1 is 0.857 bits per heavy atom. The molecule has 1 saturated heterocycles. The molecule has 4 nitrogen and oxygen atoms in total. The molecule has 3 aromatic carbocycles. The highest BCUT2D eigenvalue weighted by Crippen LogP contribution is 2.46. The highest BCUT2D eigenvalue weighted by atomic mass is 16.5. The Morgan fingerprint density at radius 3 is 2.23 bits per heavy atom. The number of nitrogens with zero attached hydrogens (tertiary/aromatic N) is 3. The Hall–Kier alpha value is -3.68. The summed E-state index contributed by atoms with van der Waals surface area (Å²) in [5.74, 6) is 0.494. The quantitative estimate of drug-likeness (QED) is 0.293. The van der Waals surface area contributed by atoms with Gasteiger partial charge in [-0.15, -0.1) is 0 Å². The molecule has 2 fully saturated rings. The van der Waals surface area contributed by atoms with E-state index in [-0.39, 0.29) is 6.23 Å². The first-order valence-electron chi connectivity index (χ1n) is 12.7. The van der Waals surface area contributed by atoms with Gasteiger partial charge in [0.15, 0.2) is 6.23 Å². The van der Waals surface area contributed by atoms with Gasteiger partial charge in [0.25, 0.3) is 0 Å². The summed E-state index contributed by atoms with van der Waals surface area (Å²) in [6.45, 7) is 0.762. The minimum atomic E-state index is -0.0577. The van der Waals surface area contributed by atoms with Crippen LogP contribution in [0.2, 0.25) is 0 Å². The lowest BCUT2D eigenvalue weighted by atomic mass is 9.72. The molecule has 0 spiro atoms. The van der Waals surface area contributed by atoms with Crippen LogP contribution in [0.1, 0.15) is 67.0 Å². The van der Waals surface area contributed by atoms with Gasteiger partial charge in [-0.1, -0.05) is 73.2 Å². The van der Waals surface area contributed by atoms with E-state index in [0.29, 0.717) is 11.5 Å². The van der Waals surface area contributed by atoms with E-state index in [2.05, 4.69) is 78.9 Å². The molecule has 1 aliphatic carbocycles. The number of benzene rings is 3. The van der Waals surface area contributed by atoms with Gasteiger partial charge in [-0.2, -0.15) is 10.4 Å². The lowest BCUT2D eigenvalue weighted by molar-refractivity contribution is -0.0366. The van der Waals surface area contributed by atoms with Crippen LogP contribution in [-0.2, 0) is 4.74 Å². The third-order valence-corrected chi connectivity index (χ3v) is 7.52. The molecule has 6 rings (SSSR count). The van der Waals surface area contributed by atoms with Gasteiger partial charge in [0.05, 0.1) is 17.3 Å². The predicted molar refractivity (Wildman–Crippen MR) is 139 cm³/mol. The van der Waals surface area contributed by atoms with Gasteiger partial charge in [-0.3, -0.25) is 0 Å². The van der Waals surface area contributed by atoms with Gasteiger partial charge in [-0.25, -0.2) is 4.68 Å². The SMILES string of the molecule is N#Cc1c(/C(=C(/c2ccccc2)C2CCC2)c2ccccc2)ccc2c1cnn2C1CCCCO1. The molecule has 1 aromatic heterocycles. The van der Waals surface area contributed by atoms with Crippen LogP contribution in [0.15, 0.2) is 79.0 Å². The van der Waals surface area contributed by atoms with E-state index < -0.39 is 0 Å². The van der Waals surface area contributed by atoms with Crippen LogP contribution in [-0.4, -0.2) is 16.4 Å². The first-order valence-corrected chi connectivity index (χ1v) is 12.7. The van der Waals surface area contributed by atoms with Crippen molar-refractivity contribution in [1.29, 1.82) is 5.26 Å². The van der Waals surface area contributed by atoms with Crippen molar-refractivity contribution in [2.45, 2.75) is 44.8 Å². The first kappa shape index (κ1) is 21.8. The lowest BCUT2D eigenvalue weighted by Crippen LogP contribution is -2.19. The third kappa shape index (κ3) is 3.96. The van der Waals surface area contributed by atoms with E-state index in [1.165, 1.54) is 36.0 Å².